The summed E-state index contributed by atoms with van der Waals surface area (Å²) in [7, 11) is 0. The quantitative estimate of drug-likeness (QED) is 0.662. The Morgan fingerprint density at radius 2 is 1.69 bits per heavy atom. The third-order valence-electron chi connectivity index (χ3n) is 3.45. The van der Waals surface area contributed by atoms with Crippen molar-refractivity contribution in [3.63, 3.8) is 0 Å². The van der Waals surface area contributed by atoms with Crippen LogP contribution in [0.5, 0.6) is 0 Å². The van der Waals surface area contributed by atoms with Gasteiger partial charge in [-0.25, -0.2) is 0 Å². The number of aryl methyl sites for hydroxylation is 2. The van der Waals surface area contributed by atoms with Gasteiger partial charge in [-0.3, -0.25) is 4.99 Å². The van der Waals surface area contributed by atoms with E-state index in [4.69, 9.17) is 0 Å². The largest absolute Gasteiger partial charge is 0.261 e. The minimum Gasteiger partial charge on any atom is -0.261 e. The first-order valence-electron chi connectivity index (χ1n) is 5.90. The molecular formula is C15H19N. The van der Waals surface area contributed by atoms with Crippen LogP contribution in [0.25, 0.3) is 5.70 Å². The highest BCUT2D eigenvalue weighted by Gasteiger charge is 2.13. The number of nitrogens with zero attached hydrogens (tertiary/aromatic N) is 1. The van der Waals surface area contributed by atoms with Crippen molar-refractivity contribution in [3.8, 4) is 0 Å². The minimum atomic E-state index is 1.08. The fraction of sp³-hybridized carbons (Fsp3) is 0.400. The number of rotatable bonds is 1. The summed E-state index contributed by atoms with van der Waals surface area (Å²) >= 11 is 0. The highest BCUT2D eigenvalue weighted by atomic mass is 14.7. The summed E-state index contributed by atoms with van der Waals surface area (Å²) in [6.07, 6.45) is 4.27. The molecule has 0 atom stereocenters. The fourth-order valence-electron chi connectivity index (χ4n) is 2.26. The van der Waals surface area contributed by atoms with Crippen molar-refractivity contribution < 1.29 is 0 Å². The van der Waals surface area contributed by atoms with Crippen LogP contribution in [0, 0.1) is 20.8 Å². The molecule has 0 bridgehead atoms. The van der Waals surface area contributed by atoms with Crippen LogP contribution in [0.1, 0.15) is 42.0 Å². The minimum absolute atomic E-state index is 1.08. The molecule has 1 heteroatoms. The van der Waals surface area contributed by atoms with Gasteiger partial charge < -0.3 is 0 Å². The third-order valence-corrected chi connectivity index (χ3v) is 3.45. The highest BCUT2D eigenvalue weighted by Crippen LogP contribution is 2.31. The summed E-state index contributed by atoms with van der Waals surface area (Å²) in [6.45, 7) is 8.74. The van der Waals surface area contributed by atoms with Crippen molar-refractivity contribution in [3.05, 3.63) is 40.0 Å². The molecule has 0 radical (unpaired) electrons. The Kier molecular flexibility index (Phi) is 2.95. The molecule has 1 aliphatic heterocycles. The van der Waals surface area contributed by atoms with Crippen molar-refractivity contribution in [2.45, 2.75) is 40.5 Å². The van der Waals surface area contributed by atoms with E-state index in [0.717, 1.165) is 12.8 Å². The monoisotopic (exact) mass is 213 g/mol. The second kappa shape index (κ2) is 4.25. The van der Waals surface area contributed by atoms with Gasteiger partial charge in [-0.05, 0) is 62.8 Å². The normalized spacial score (nSPS) is 15.8. The standard InChI is InChI=1S/C15H19N/c1-10-7-8-11(2)14(13(10)4)15-12(3)6-5-9-16-15/h7-9H,5-6H2,1-4H3. The maximum atomic E-state index is 4.60. The molecule has 16 heavy (non-hydrogen) atoms. The lowest BCUT2D eigenvalue weighted by atomic mass is 9.92. The zero-order chi connectivity index (χ0) is 11.7. The first kappa shape index (κ1) is 11.1. The van der Waals surface area contributed by atoms with E-state index in [2.05, 4.69) is 44.8 Å². The van der Waals surface area contributed by atoms with Gasteiger partial charge in [0, 0.05) is 11.8 Å². The summed E-state index contributed by atoms with van der Waals surface area (Å²) in [5, 5.41) is 0. The van der Waals surface area contributed by atoms with Crippen LogP contribution >= 0.6 is 0 Å². The van der Waals surface area contributed by atoms with E-state index in [9.17, 15) is 0 Å². The van der Waals surface area contributed by atoms with Crippen molar-refractivity contribution >= 4 is 11.9 Å². The van der Waals surface area contributed by atoms with Crippen LogP contribution in [0.3, 0.4) is 0 Å². The molecule has 0 aromatic heterocycles. The number of hydrogen-bond donors (Lipinski definition) is 0. The predicted octanol–water partition coefficient (Wildman–Crippen LogP) is 4.21. The highest BCUT2D eigenvalue weighted by molar-refractivity contribution is 5.81. The summed E-state index contributed by atoms with van der Waals surface area (Å²) in [5.74, 6) is 0. The molecule has 0 fully saturated rings. The topological polar surface area (TPSA) is 12.4 Å². The van der Waals surface area contributed by atoms with E-state index < -0.39 is 0 Å². The van der Waals surface area contributed by atoms with Crippen molar-refractivity contribution in [1.29, 1.82) is 0 Å². The maximum Gasteiger partial charge on any atom is 0.0692 e. The lowest BCUT2D eigenvalue weighted by Crippen LogP contribution is -2.00. The van der Waals surface area contributed by atoms with Gasteiger partial charge in [-0.2, -0.15) is 0 Å². The van der Waals surface area contributed by atoms with Crippen LogP contribution in [0.4, 0.5) is 0 Å². The predicted molar refractivity (Wildman–Crippen MR) is 71.0 cm³/mol. The molecule has 1 nitrogen and oxygen atoms in total. The molecule has 2 rings (SSSR count). The maximum absolute atomic E-state index is 4.60. The van der Waals surface area contributed by atoms with Gasteiger partial charge in [-0.15, -0.1) is 0 Å². The van der Waals surface area contributed by atoms with Crippen LogP contribution in [0.2, 0.25) is 0 Å². The molecule has 0 aliphatic carbocycles. The van der Waals surface area contributed by atoms with E-state index in [1.807, 2.05) is 6.21 Å². The van der Waals surface area contributed by atoms with Gasteiger partial charge in [0.25, 0.3) is 0 Å². The van der Waals surface area contributed by atoms with Crippen molar-refractivity contribution in [1.82, 2.24) is 0 Å². The van der Waals surface area contributed by atoms with E-state index in [-0.39, 0.29) is 0 Å². The number of allylic oxidation sites excluding steroid dienone is 1. The van der Waals surface area contributed by atoms with Crippen LogP contribution < -0.4 is 0 Å². The summed E-state index contributed by atoms with van der Waals surface area (Å²) in [6, 6.07) is 4.39. The first-order chi connectivity index (χ1) is 7.61. The molecule has 1 aromatic rings. The number of hydrogen-bond acceptors (Lipinski definition) is 1. The fourth-order valence-corrected chi connectivity index (χ4v) is 2.26. The van der Waals surface area contributed by atoms with Gasteiger partial charge in [-0.1, -0.05) is 12.1 Å². The van der Waals surface area contributed by atoms with Crippen LogP contribution in [-0.2, 0) is 0 Å². The van der Waals surface area contributed by atoms with Gasteiger partial charge in [0.05, 0.1) is 5.70 Å². The first-order valence-corrected chi connectivity index (χ1v) is 5.90. The molecule has 0 N–H and O–H groups in total. The Morgan fingerprint density at radius 1 is 1.00 bits per heavy atom. The van der Waals surface area contributed by atoms with E-state index in [1.165, 1.54) is 33.5 Å². The Hall–Kier alpha value is -1.37. The van der Waals surface area contributed by atoms with Crippen LogP contribution in [-0.4, -0.2) is 6.21 Å². The molecule has 0 unspecified atom stereocenters. The van der Waals surface area contributed by atoms with Gasteiger partial charge >= 0.3 is 0 Å². The molecule has 84 valence electrons. The molecular weight excluding hydrogens is 194 g/mol. The molecule has 0 spiro atoms. The number of aliphatic imine (C=N–C) groups is 1. The average Bonchev–Trinajstić information content (AvgIpc) is 2.27. The molecule has 0 saturated carbocycles. The van der Waals surface area contributed by atoms with E-state index >= 15 is 0 Å². The van der Waals surface area contributed by atoms with Crippen molar-refractivity contribution in [2.75, 3.05) is 0 Å². The smallest absolute Gasteiger partial charge is 0.0692 e. The van der Waals surface area contributed by atoms with Crippen molar-refractivity contribution in [2.24, 2.45) is 4.99 Å². The summed E-state index contributed by atoms with van der Waals surface area (Å²) in [4.78, 5) is 4.60. The molecule has 1 heterocycles. The Morgan fingerprint density at radius 3 is 2.38 bits per heavy atom. The van der Waals surface area contributed by atoms with Gasteiger partial charge in [0.1, 0.15) is 0 Å². The Labute approximate surface area is 97.9 Å². The average molecular weight is 213 g/mol. The molecule has 1 aromatic carbocycles. The van der Waals surface area contributed by atoms with E-state index in [0.29, 0.717) is 0 Å². The lowest BCUT2D eigenvalue weighted by Gasteiger charge is -2.17. The Balaban J connectivity index is 2.64. The SMILES string of the molecule is CC1=C(c2c(C)ccc(C)c2C)N=CCC1. The van der Waals surface area contributed by atoms with Crippen LogP contribution in [0.15, 0.2) is 22.7 Å². The third kappa shape index (κ3) is 1.82. The lowest BCUT2D eigenvalue weighted by molar-refractivity contribution is 1.000. The Bertz CT molecular complexity index is 478. The van der Waals surface area contributed by atoms with Gasteiger partial charge in [0.2, 0.25) is 0 Å². The zero-order valence-corrected chi connectivity index (χ0v) is 10.6. The zero-order valence-electron chi connectivity index (χ0n) is 10.6. The second-order valence-electron chi connectivity index (χ2n) is 4.68. The molecule has 0 amide bonds. The van der Waals surface area contributed by atoms with Gasteiger partial charge in [0.15, 0.2) is 0 Å². The summed E-state index contributed by atoms with van der Waals surface area (Å²) in [5.41, 5.74) is 8.00. The molecule has 1 aliphatic rings. The number of benzene rings is 1. The van der Waals surface area contributed by atoms with E-state index in [1.54, 1.807) is 0 Å². The summed E-state index contributed by atoms with van der Waals surface area (Å²) < 4.78 is 0. The molecule has 0 saturated heterocycles. The second-order valence-corrected chi connectivity index (χ2v) is 4.68.